The SMILES string of the molecule is COC(=O)C(=O)C(Cl)C#N. The highest BCUT2D eigenvalue weighted by atomic mass is 35.5. The van der Waals surface area contributed by atoms with Crippen molar-refractivity contribution >= 4 is 23.4 Å². The monoisotopic (exact) mass is 161 g/mol. The maximum atomic E-state index is 10.5. The molecule has 0 radical (unpaired) electrons. The van der Waals surface area contributed by atoms with Gasteiger partial charge in [0.1, 0.15) is 0 Å². The Morgan fingerprint density at radius 1 is 1.70 bits per heavy atom. The summed E-state index contributed by atoms with van der Waals surface area (Å²) in [5.41, 5.74) is 0. The van der Waals surface area contributed by atoms with Crippen LogP contribution in [0.5, 0.6) is 0 Å². The number of halogens is 1. The lowest BCUT2D eigenvalue weighted by Crippen LogP contribution is -2.23. The Morgan fingerprint density at radius 2 is 2.20 bits per heavy atom. The van der Waals surface area contributed by atoms with Gasteiger partial charge in [-0.15, -0.1) is 0 Å². The Bertz CT molecular complexity index is 196. The van der Waals surface area contributed by atoms with Crippen LogP contribution in [0.2, 0.25) is 0 Å². The van der Waals surface area contributed by atoms with E-state index in [0.717, 1.165) is 7.11 Å². The fraction of sp³-hybridized carbons (Fsp3) is 0.400. The van der Waals surface area contributed by atoms with Crippen LogP contribution >= 0.6 is 11.6 Å². The summed E-state index contributed by atoms with van der Waals surface area (Å²) < 4.78 is 4.01. The predicted octanol–water partition coefficient (Wildman–Crippen LogP) is -0.141. The van der Waals surface area contributed by atoms with E-state index in [1.807, 2.05) is 0 Å². The lowest BCUT2D eigenvalue weighted by Gasteiger charge is -1.95. The van der Waals surface area contributed by atoms with Gasteiger partial charge in [-0.05, 0) is 0 Å². The zero-order chi connectivity index (χ0) is 8.15. The second-order valence-electron chi connectivity index (χ2n) is 1.35. The molecule has 4 nitrogen and oxygen atoms in total. The van der Waals surface area contributed by atoms with Gasteiger partial charge in [-0.3, -0.25) is 4.79 Å². The van der Waals surface area contributed by atoms with E-state index >= 15 is 0 Å². The largest absolute Gasteiger partial charge is 0.463 e. The highest BCUT2D eigenvalue weighted by molar-refractivity contribution is 6.48. The number of nitrogens with zero attached hydrogens (tertiary/aromatic N) is 1. The molecular formula is C5H4ClNO3. The van der Waals surface area contributed by atoms with E-state index in [1.54, 1.807) is 0 Å². The lowest BCUT2D eigenvalue weighted by molar-refractivity contribution is -0.151. The molecule has 0 aromatic rings. The van der Waals surface area contributed by atoms with Gasteiger partial charge >= 0.3 is 5.97 Å². The highest BCUT2D eigenvalue weighted by Gasteiger charge is 2.23. The molecule has 0 spiro atoms. The van der Waals surface area contributed by atoms with Crippen molar-refractivity contribution in [3.8, 4) is 6.07 Å². The van der Waals surface area contributed by atoms with Gasteiger partial charge in [0.25, 0.3) is 5.78 Å². The van der Waals surface area contributed by atoms with Crippen LogP contribution in [-0.4, -0.2) is 24.2 Å². The fourth-order valence-electron chi connectivity index (χ4n) is 0.263. The van der Waals surface area contributed by atoms with Gasteiger partial charge in [-0.2, -0.15) is 5.26 Å². The van der Waals surface area contributed by atoms with Crippen LogP contribution in [-0.2, 0) is 14.3 Å². The molecule has 0 aliphatic rings. The predicted molar refractivity (Wildman–Crippen MR) is 32.3 cm³/mol. The first-order valence-electron chi connectivity index (χ1n) is 2.29. The molecule has 0 saturated carbocycles. The number of hydrogen-bond acceptors (Lipinski definition) is 4. The standard InChI is InChI=1S/C5H4ClNO3/c1-10-5(9)4(8)3(6)2-7/h3H,1H3. The van der Waals surface area contributed by atoms with E-state index in [-0.39, 0.29) is 0 Å². The summed E-state index contributed by atoms with van der Waals surface area (Å²) in [6.07, 6.45) is 0. The van der Waals surface area contributed by atoms with Gasteiger partial charge in [-0.1, -0.05) is 11.6 Å². The lowest BCUT2D eigenvalue weighted by atomic mass is 10.3. The maximum absolute atomic E-state index is 10.5. The number of hydrogen-bond donors (Lipinski definition) is 0. The molecule has 0 aromatic carbocycles. The van der Waals surface area contributed by atoms with Crippen molar-refractivity contribution in [3.63, 3.8) is 0 Å². The molecule has 54 valence electrons. The van der Waals surface area contributed by atoms with Crippen molar-refractivity contribution in [1.82, 2.24) is 0 Å². The molecule has 0 rings (SSSR count). The molecule has 0 fully saturated rings. The molecule has 1 unspecified atom stereocenters. The minimum atomic E-state index is -1.44. The Kier molecular flexibility index (Phi) is 3.44. The summed E-state index contributed by atoms with van der Waals surface area (Å²) in [6, 6.07) is 1.39. The summed E-state index contributed by atoms with van der Waals surface area (Å²) in [6.45, 7) is 0. The summed E-state index contributed by atoms with van der Waals surface area (Å²) in [5.74, 6) is -2.13. The second kappa shape index (κ2) is 3.85. The van der Waals surface area contributed by atoms with E-state index in [4.69, 9.17) is 16.9 Å². The minimum absolute atomic E-state index is 1.04. The van der Waals surface area contributed by atoms with Crippen LogP contribution in [0.4, 0.5) is 0 Å². The van der Waals surface area contributed by atoms with Crippen molar-refractivity contribution in [2.75, 3.05) is 7.11 Å². The van der Waals surface area contributed by atoms with Crippen molar-refractivity contribution in [1.29, 1.82) is 5.26 Å². The number of Topliss-reactive ketones (excluding diaryl/α,β-unsaturated/α-hetero) is 1. The molecular weight excluding hydrogens is 158 g/mol. The van der Waals surface area contributed by atoms with Gasteiger partial charge in [0.2, 0.25) is 0 Å². The number of alkyl halides is 1. The number of nitriles is 1. The molecule has 0 amide bonds. The molecule has 0 N–H and O–H groups in total. The highest BCUT2D eigenvalue weighted by Crippen LogP contribution is 1.96. The first-order valence-corrected chi connectivity index (χ1v) is 2.73. The van der Waals surface area contributed by atoms with Gasteiger partial charge < -0.3 is 4.74 Å². The number of carbonyl (C=O) groups is 2. The number of rotatable bonds is 2. The zero-order valence-electron chi connectivity index (χ0n) is 5.13. The summed E-state index contributed by atoms with van der Waals surface area (Å²) in [7, 11) is 1.04. The quantitative estimate of drug-likeness (QED) is 0.321. The zero-order valence-corrected chi connectivity index (χ0v) is 5.88. The van der Waals surface area contributed by atoms with Crippen molar-refractivity contribution < 1.29 is 14.3 Å². The maximum Gasteiger partial charge on any atom is 0.377 e. The molecule has 0 saturated heterocycles. The number of carbonyl (C=O) groups excluding carboxylic acids is 2. The number of ketones is 1. The van der Waals surface area contributed by atoms with E-state index in [0.29, 0.717) is 0 Å². The molecule has 0 aromatic heterocycles. The smallest absolute Gasteiger partial charge is 0.377 e. The molecule has 0 bridgehead atoms. The van der Waals surface area contributed by atoms with E-state index < -0.39 is 17.1 Å². The third-order valence-corrected chi connectivity index (χ3v) is 1.03. The number of esters is 1. The normalized spacial score (nSPS) is 11.3. The van der Waals surface area contributed by atoms with Gasteiger partial charge in [0.05, 0.1) is 13.2 Å². The molecule has 0 aliphatic carbocycles. The van der Waals surface area contributed by atoms with E-state index in [9.17, 15) is 9.59 Å². The first kappa shape index (κ1) is 8.92. The molecule has 0 aliphatic heterocycles. The molecule has 1 atom stereocenters. The topological polar surface area (TPSA) is 67.2 Å². The van der Waals surface area contributed by atoms with Gasteiger partial charge in [-0.25, -0.2) is 4.79 Å². The van der Waals surface area contributed by atoms with E-state index in [1.165, 1.54) is 6.07 Å². The average molecular weight is 162 g/mol. The Labute approximate surface area is 62.3 Å². The van der Waals surface area contributed by atoms with E-state index in [2.05, 4.69) is 4.74 Å². The minimum Gasteiger partial charge on any atom is -0.463 e. The van der Waals surface area contributed by atoms with Gasteiger partial charge in [0, 0.05) is 0 Å². The molecule has 10 heavy (non-hydrogen) atoms. The van der Waals surface area contributed by atoms with Crippen molar-refractivity contribution in [2.24, 2.45) is 0 Å². The van der Waals surface area contributed by atoms with Crippen molar-refractivity contribution in [3.05, 3.63) is 0 Å². The number of methoxy groups -OCH3 is 1. The van der Waals surface area contributed by atoms with Crippen LogP contribution in [0.25, 0.3) is 0 Å². The van der Waals surface area contributed by atoms with Crippen LogP contribution in [0, 0.1) is 11.3 Å². The number of ether oxygens (including phenoxy) is 1. The third-order valence-electron chi connectivity index (χ3n) is 0.730. The Hall–Kier alpha value is -1.08. The Balaban J connectivity index is 4.12. The molecule has 5 heteroatoms. The van der Waals surface area contributed by atoms with Crippen LogP contribution in [0.3, 0.4) is 0 Å². The Morgan fingerprint density at radius 3 is 2.50 bits per heavy atom. The van der Waals surface area contributed by atoms with Gasteiger partial charge in [0.15, 0.2) is 5.38 Å². The van der Waals surface area contributed by atoms with Crippen LogP contribution < -0.4 is 0 Å². The first-order chi connectivity index (χ1) is 4.63. The average Bonchev–Trinajstić information content (AvgIpc) is 2.00. The molecule has 0 heterocycles. The fourth-order valence-corrected chi connectivity index (χ4v) is 0.352. The van der Waals surface area contributed by atoms with Crippen LogP contribution in [0.15, 0.2) is 0 Å². The summed E-state index contributed by atoms with van der Waals surface area (Å²) in [5, 5.41) is 6.60. The summed E-state index contributed by atoms with van der Waals surface area (Å²) >= 11 is 5.08. The van der Waals surface area contributed by atoms with Crippen molar-refractivity contribution in [2.45, 2.75) is 5.38 Å². The van der Waals surface area contributed by atoms with Crippen LogP contribution in [0.1, 0.15) is 0 Å². The third kappa shape index (κ3) is 2.03. The summed E-state index contributed by atoms with van der Waals surface area (Å²) in [4.78, 5) is 20.8. The second-order valence-corrected chi connectivity index (χ2v) is 1.78.